The Morgan fingerprint density at radius 2 is 2.05 bits per heavy atom. The van der Waals surface area contributed by atoms with Crippen LogP contribution >= 0.6 is 0 Å². The van der Waals surface area contributed by atoms with E-state index in [1.807, 2.05) is 19.1 Å². The number of nitrogens with zero attached hydrogens (tertiary/aromatic N) is 2. The maximum Gasteiger partial charge on any atom is 0.227 e. The second-order valence-corrected chi connectivity index (χ2v) is 4.67. The Morgan fingerprint density at radius 3 is 2.60 bits per heavy atom. The van der Waals surface area contributed by atoms with Gasteiger partial charge in [-0.1, -0.05) is 24.2 Å². The largest absolute Gasteiger partial charge is 0.497 e. The first kappa shape index (κ1) is 14.5. The number of rotatable bonds is 7. The predicted molar refractivity (Wildman–Crippen MR) is 76.8 cm³/mol. The fourth-order valence-electron chi connectivity index (χ4n) is 2.13. The van der Waals surface area contributed by atoms with Crippen molar-refractivity contribution in [1.82, 2.24) is 15.5 Å². The van der Waals surface area contributed by atoms with Crippen LogP contribution < -0.4 is 10.1 Å². The first-order valence-corrected chi connectivity index (χ1v) is 6.89. The number of aromatic nitrogens is 2. The van der Waals surface area contributed by atoms with Crippen LogP contribution in [-0.4, -0.2) is 23.8 Å². The second kappa shape index (κ2) is 7.05. The molecular formula is C15H21N3O2. The standard InChI is InChI=1S/C15H21N3O2/c1-4-14(12-5-7-13(19-3)8-6-12)16-10-9-15-17-11(2)18-20-15/h5-8,14,16H,4,9-10H2,1-3H3. The summed E-state index contributed by atoms with van der Waals surface area (Å²) in [6, 6.07) is 8.49. The summed E-state index contributed by atoms with van der Waals surface area (Å²) in [6.45, 7) is 4.80. The molecule has 0 saturated heterocycles. The molecule has 0 radical (unpaired) electrons. The topological polar surface area (TPSA) is 60.2 Å². The summed E-state index contributed by atoms with van der Waals surface area (Å²) in [5, 5.41) is 7.30. The molecule has 1 aromatic carbocycles. The molecule has 0 aliphatic carbocycles. The molecule has 1 aromatic heterocycles. The average Bonchev–Trinajstić information content (AvgIpc) is 2.89. The van der Waals surface area contributed by atoms with Crippen molar-refractivity contribution in [2.24, 2.45) is 0 Å². The first-order valence-electron chi connectivity index (χ1n) is 6.89. The van der Waals surface area contributed by atoms with Crippen LogP contribution in [0, 0.1) is 6.92 Å². The fraction of sp³-hybridized carbons (Fsp3) is 0.467. The van der Waals surface area contributed by atoms with Gasteiger partial charge in [-0.05, 0) is 31.0 Å². The van der Waals surface area contributed by atoms with Gasteiger partial charge in [0.15, 0.2) is 5.82 Å². The third-order valence-corrected chi connectivity index (χ3v) is 3.23. The van der Waals surface area contributed by atoms with Crippen LogP contribution in [-0.2, 0) is 6.42 Å². The highest BCUT2D eigenvalue weighted by molar-refractivity contribution is 5.29. The lowest BCUT2D eigenvalue weighted by atomic mass is 10.0. The summed E-state index contributed by atoms with van der Waals surface area (Å²) >= 11 is 0. The molecule has 0 fully saturated rings. The number of ether oxygens (including phenoxy) is 1. The number of aryl methyl sites for hydroxylation is 1. The Morgan fingerprint density at radius 1 is 1.30 bits per heavy atom. The normalized spacial score (nSPS) is 12.3. The van der Waals surface area contributed by atoms with Gasteiger partial charge < -0.3 is 14.6 Å². The van der Waals surface area contributed by atoms with E-state index in [9.17, 15) is 0 Å². The van der Waals surface area contributed by atoms with Crippen LogP contribution in [0.15, 0.2) is 28.8 Å². The molecule has 0 amide bonds. The van der Waals surface area contributed by atoms with Crippen molar-refractivity contribution in [2.75, 3.05) is 13.7 Å². The van der Waals surface area contributed by atoms with Gasteiger partial charge in [-0.15, -0.1) is 0 Å². The molecular weight excluding hydrogens is 254 g/mol. The van der Waals surface area contributed by atoms with E-state index in [0.717, 1.165) is 25.1 Å². The lowest BCUT2D eigenvalue weighted by molar-refractivity contribution is 0.368. The maximum absolute atomic E-state index is 5.18. The Balaban J connectivity index is 1.88. The van der Waals surface area contributed by atoms with Gasteiger partial charge in [-0.3, -0.25) is 0 Å². The minimum atomic E-state index is 0.324. The molecule has 1 unspecified atom stereocenters. The van der Waals surface area contributed by atoms with Crippen LogP contribution in [0.5, 0.6) is 5.75 Å². The van der Waals surface area contributed by atoms with Crippen molar-refractivity contribution >= 4 is 0 Å². The van der Waals surface area contributed by atoms with Crippen LogP contribution in [0.25, 0.3) is 0 Å². The predicted octanol–water partition coefficient (Wildman–Crippen LogP) is 2.67. The van der Waals surface area contributed by atoms with Gasteiger partial charge >= 0.3 is 0 Å². The smallest absolute Gasteiger partial charge is 0.227 e. The van der Waals surface area contributed by atoms with Crippen LogP contribution in [0.2, 0.25) is 0 Å². The molecule has 2 aromatic rings. The van der Waals surface area contributed by atoms with Crippen molar-refractivity contribution in [2.45, 2.75) is 32.7 Å². The molecule has 108 valence electrons. The molecule has 1 atom stereocenters. The van der Waals surface area contributed by atoms with Crippen LogP contribution in [0.4, 0.5) is 0 Å². The van der Waals surface area contributed by atoms with E-state index in [1.54, 1.807) is 7.11 Å². The molecule has 1 N–H and O–H groups in total. The first-order chi connectivity index (χ1) is 9.72. The third kappa shape index (κ3) is 3.81. The zero-order valence-electron chi connectivity index (χ0n) is 12.2. The SMILES string of the molecule is CCC(NCCc1nc(C)no1)c1ccc(OC)cc1. The van der Waals surface area contributed by atoms with Crippen LogP contribution in [0.1, 0.15) is 36.7 Å². The molecule has 0 bridgehead atoms. The van der Waals surface area contributed by atoms with Gasteiger partial charge in [-0.2, -0.15) is 4.98 Å². The van der Waals surface area contributed by atoms with E-state index in [-0.39, 0.29) is 0 Å². The summed E-state index contributed by atoms with van der Waals surface area (Å²) in [4.78, 5) is 4.19. The number of benzene rings is 1. The quantitative estimate of drug-likeness (QED) is 0.841. The number of methoxy groups -OCH3 is 1. The fourth-order valence-corrected chi connectivity index (χ4v) is 2.13. The highest BCUT2D eigenvalue weighted by Crippen LogP contribution is 2.19. The van der Waals surface area contributed by atoms with E-state index in [2.05, 4.69) is 34.5 Å². The number of hydrogen-bond acceptors (Lipinski definition) is 5. The van der Waals surface area contributed by atoms with Crippen molar-refractivity contribution < 1.29 is 9.26 Å². The van der Waals surface area contributed by atoms with E-state index >= 15 is 0 Å². The lowest BCUT2D eigenvalue weighted by Gasteiger charge is -2.17. The Labute approximate surface area is 119 Å². The van der Waals surface area contributed by atoms with Gasteiger partial charge in [0, 0.05) is 19.0 Å². The summed E-state index contributed by atoms with van der Waals surface area (Å²) in [6.07, 6.45) is 1.77. The van der Waals surface area contributed by atoms with Gasteiger partial charge in [0.05, 0.1) is 7.11 Å². The third-order valence-electron chi connectivity index (χ3n) is 3.23. The molecule has 20 heavy (non-hydrogen) atoms. The molecule has 0 aliphatic rings. The zero-order chi connectivity index (χ0) is 14.4. The summed E-state index contributed by atoms with van der Waals surface area (Å²) < 4.78 is 10.3. The zero-order valence-corrected chi connectivity index (χ0v) is 12.2. The molecule has 1 heterocycles. The molecule has 5 nitrogen and oxygen atoms in total. The van der Waals surface area contributed by atoms with E-state index < -0.39 is 0 Å². The molecule has 2 rings (SSSR count). The minimum absolute atomic E-state index is 0.324. The molecule has 0 aliphatic heterocycles. The highest BCUT2D eigenvalue weighted by atomic mass is 16.5. The van der Waals surface area contributed by atoms with Crippen LogP contribution in [0.3, 0.4) is 0 Å². The average molecular weight is 275 g/mol. The maximum atomic E-state index is 5.18. The highest BCUT2D eigenvalue weighted by Gasteiger charge is 2.09. The van der Waals surface area contributed by atoms with E-state index in [4.69, 9.17) is 9.26 Å². The Hall–Kier alpha value is -1.88. The summed E-state index contributed by atoms with van der Waals surface area (Å²) in [7, 11) is 1.68. The van der Waals surface area contributed by atoms with Crippen molar-refractivity contribution in [3.05, 3.63) is 41.5 Å². The van der Waals surface area contributed by atoms with Crippen molar-refractivity contribution in [3.63, 3.8) is 0 Å². The summed E-state index contributed by atoms with van der Waals surface area (Å²) in [5.74, 6) is 2.24. The molecule has 0 spiro atoms. The number of hydrogen-bond donors (Lipinski definition) is 1. The van der Waals surface area contributed by atoms with Gasteiger partial charge in [0.2, 0.25) is 5.89 Å². The van der Waals surface area contributed by atoms with Gasteiger partial charge in [0.25, 0.3) is 0 Å². The lowest BCUT2D eigenvalue weighted by Crippen LogP contribution is -2.23. The molecule has 5 heteroatoms. The van der Waals surface area contributed by atoms with Gasteiger partial charge in [-0.25, -0.2) is 0 Å². The van der Waals surface area contributed by atoms with Gasteiger partial charge in [0.1, 0.15) is 5.75 Å². The second-order valence-electron chi connectivity index (χ2n) is 4.67. The summed E-state index contributed by atoms with van der Waals surface area (Å²) in [5.41, 5.74) is 1.26. The van der Waals surface area contributed by atoms with E-state index in [1.165, 1.54) is 5.56 Å². The van der Waals surface area contributed by atoms with Crippen molar-refractivity contribution in [1.29, 1.82) is 0 Å². The monoisotopic (exact) mass is 275 g/mol. The molecule has 0 saturated carbocycles. The van der Waals surface area contributed by atoms with Crippen molar-refractivity contribution in [3.8, 4) is 5.75 Å². The Kier molecular flexibility index (Phi) is 5.12. The Bertz CT molecular complexity index is 522. The minimum Gasteiger partial charge on any atom is -0.497 e. The number of nitrogens with one attached hydrogen (secondary N) is 1. The van der Waals surface area contributed by atoms with E-state index in [0.29, 0.717) is 17.8 Å².